The average molecular weight is 252 g/mol. The first-order chi connectivity index (χ1) is 8.54. The summed E-state index contributed by atoms with van der Waals surface area (Å²) in [7, 11) is 1.65. The van der Waals surface area contributed by atoms with E-state index in [1.807, 2.05) is 6.92 Å². The van der Waals surface area contributed by atoms with Crippen LogP contribution in [0.4, 0.5) is 4.39 Å². The standard InChI is InChI=1S/C13H17FN2O2/c1-3-15-13(18)9-16(2)8-12(17)10-6-4-5-7-11(10)14/h4-7H,3,8-9H2,1-2H3,(H,15,18). The maximum Gasteiger partial charge on any atom is 0.234 e. The van der Waals surface area contributed by atoms with Crippen LogP contribution in [0.1, 0.15) is 17.3 Å². The topological polar surface area (TPSA) is 49.4 Å². The summed E-state index contributed by atoms with van der Waals surface area (Å²) in [5, 5.41) is 2.63. The fraction of sp³-hybridized carbons (Fsp3) is 0.385. The van der Waals surface area contributed by atoms with E-state index in [0.717, 1.165) is 0 Å². The average Bonchev–Trinajstić information content (AvgIpc) is 2.29. The Morgan fingerprint density at radius 2 is 1.94 bits per heavy atom. The van der Waals surface area contributed by atoms with Crippen LogP contribution in [0.2, 0.25) is 0 Å². The number of hydrogen-bond acceptors (Lipinski definition) is 3. The van der Waals surface area contributed by atoms with Crippen molar-refractivity contribution in [2.24, 2.45) is 0 Å². The van der Waals surface area contributed by atoms with Crippen molar-refractivity contribution in [3.8, 4) is 0 Å². The Morgan fingerprint density at radius 1 is 1.28 bits per heavy atom. The van der Waals surface area contributed by atoms with Gasteiger partial charge in [0.1, 0.15) is 5.82 Å². The second-order valence-electron chi connectivity index (χ2n) is 4.03. The van der Waals surface area contributed by atoms with Crippen LogP contribution < -0.4 is 5.32 Å². The molecule has 98 valence electrons. The van der Waals surface area contributed by atoms with Crippen LogP contribution in [-0.2, 0) is 4.79 Å². The molecule has 1 rings (SSSR count). The molecule has 0 unspecified atom stereocenters. The van der Waals surface area contributed by atoms with E-state index in [-0.39, 0.29) is 30.3 Å². The van der Waals surface area contributed by atoms with Crippen molar-refractivity contribution >= 4 is 11.7 Å². The van der Waals surface area contributed by atoms with Crippen LogP contribution in [0.3, 0.4) is 0 Å². The van der Waals surface area contributed by atoms with Crippen molar-refractivity contribution in [3.63, 3.8) is 0 Å². The van der Waals surface area contributed by atoms with Gasteiger partial charge in [-0.05, 0) is 26.1 Å². The number of carbonyl (C=O) groups excluding carboxylic acids is 2. The van der Waals surface area contributed by atoms with E-state index < -0.39 is 5.82 Å². The van der Waals surface area contributed by atoms with Gasteiger partial charge in [-0.2, -0.15) is 0 Å². The minimum atomic E-state index is -0.533. The first kappa shape index (κ1) is 14.3. The molecule has 0 fully saturated rings. The maximum atomic E-state index is 13.4. The predicted molar refractivity (Wildman–Crippen MR) is 66.9 cm³/mol. The number of hydrogen-bond donors (Lipinski definition) is 1. The summed E-state index contributed by atoms with van der Waals surface area (Å²) in [6, 6.07) is 5.83. The highest BCUT2D eigenvalue weighted by atomic mass is 19.1. The number of nitrogens with zero attached hydrogens (tertiary/aromatic N) is 1. The predicted octanol–water partition coefficient (Wildman–Crippen LogP) is 1.08. The summed E-state index contributed by atoms with van der Waals surface area (Å²) in [6.07, 6.45) is 0. The van der Waals surface area contributed by atoms with Gasteiger partial charge in [0.05, 0.1) is 18.7 Å². The van der Waals surface area contributed by atoms with Gasteiger partial charge in [0.2, 0.25) is 5.91 Å². The molecule has 0 aromatic heterocycles. The molecule has 0 aliphatic heterocycles. The fourth-order valence-electron chi connectivity index (χ4n) is 1.57. The lowest BCUT2D eigenvalue weighted by atomic mass is 10.1. The first-order valence-electron chi connectivity index (χ1n) is 5.77. The van der Waals surface area contributed by atoms with Gasteiger partial charge in [0.15, 0.2) is 5.78 Å². The van der Waals surface area contributed by atoms with Crippen molar-refractivity contribution < 1.29 is 14.0 Å². The first-order valence-corrected chi connectivity index (χ1v) is 5.77. The molecule has 0 saturated carbocycles. The molecule has 5 heteroatoms. The zero-order valence-corrected chi connectivity index (χ0v) is 10.6. The Balaban J connectivity index is 2.55. The number of ketones is 1. The van der Waals surface area contributed by atoms with Gasteiger partial charge in [-0.15, -0.1) is 0 Å². The molecule has 0 aliphatic carbocycles. The third kappa shape index (κ3) is 4.25. The molecule has 0 bridgehead atoms. The largest absolute Gasteiger partial charge is 0.355 e. The Kier molecular flexibility index (Phi) is 5.45. The van der Waals surface area contributed by atoms with Crippen molar-refractivity contribution in [3.05, 3.63) is 35.6 Å². The maximum absolute atomic E-state index is 13.4. The third-order valence-electron chi connectivity index (χ3n) is 2.38. The molecule has 0 atom stereocenters. The number of likely N-dealkylation sites (N-methyl/N-ethyl adjacent to an activating group) is 2. The Bertz CT molecular complexity index is 435. The van der Waals surface area contributed by atoms with Crippen molar-refractivity contribution in [1.82, 2.24) is 10.2 Å². The lowest BCUT2D eigenvalue weighted by Gasteiger charge is -2.15. The van der Waals surface area contributed by atoms with Gasteiger partial charge >= 0.3 is 0 Å². The minimum absolute atomic E-state index is 0.0120. The number of nitrogens with one attached hydrogen (secondary N) is 1. The van der Waals surface area contributed by atoms with Gasteiger partial charge < -0.3 is 5.32 Å². The minimum Gasteiger partial charge on any atom is -0.355 e. The lowest BCUT2D eigenvalue weighted by Crippen LogP contribution is -2.37. The molecule has 1 amide bonds. The zero-order chi connectivity index (χ0) is 13.5. The number of carbonyl (C=O) groups is 2. The van der Waals surface area contributed by atoms with E-state index in [9.17, 15) is 14.0 Å². The number of benzene rings is 1. The number of amides is 1. The van der Waals surface area contributed by atoms with E-state index in [0.29, 0.717) is 6.54 Å². The second-order valence-corrected chi connectivity index (χ2v) is 4.03. The van der Waals surface area contributed by atoms with Crippen LogP contribution in [0, 0.1) is 5.82 Å². The SMILES string of the molecule is CCNC(=O)CN(C)CC(=O)c1ccccc1F. The monoisotopic (exact) mass is 252 g/mol. The molecular formula is C13H17FN2O2. The number of Topliss-reactive ketones (excluding diaryl/α,β-unsaturated/α-hetero) is 1. The number of halogens is 1. The van der Waals surface area contributed by atoms with Crippen molar-refractivity contribution in [2.45, 2.75) is 6.92 Å². The molecule has 0 saturated heterocycles. The highest BCUT2D eigenvalue weighted by Gasteiger charge is 2.14. The summed E-state index contributed by atoms with van der Waals surface area (Å²) >= 11 is 0. The van der Waals surface area contributed by atoms with Crippen LogP contribution in [0.25, 0.3) is 0 Å². The van der Waals surface area contributed by atoms with E-state index in [2.05, 4.69) is 5.32 Å². The highest BCUT2D eigenvalue weighted by Crippen LogP contribution is 2.07. The molecule has 0 aliphatic rings. The van der Waals surface area contributed by atoms with Gasteiger partial charge in [0.25, 0.3) is 0 Å². The summed E-state index contributed by atoms with van der Waals surface area (Å²) in [5.74, 6) is -1.02. The van der Waals surface area contributed by atoms with E-state index >= 15 is 0 Å². The second kappa shape index (κ2) is 6.86. The molecule has 4 nitrogen and oxygen atoms in total. The molecule has 18 heavy (non-hydrogen) atoms. The van der Waals surface area contributed by atoms with Gasteiger partial charge in [-0.25, -0.2) is 4.39 Å². The Labute approximate surface area is 106 Å². The number of rotatable bonds is 6. The summed E-state index contributed by atoms with van der Waals surface area (Å²) in [6.45, 7) is 2.50. The van der Waals surface area contributed by atoms with Crippen LogP contribution in [0.15, 0.2) is 24.3 Å². The molecule has 1 N–H and O–H groups in total. The van der Waals surface area contributed by atoms with Gasteiger partial charge in [-0.3, -0.25) is 14.5 Å². The van der Waals surface area contributed by atoms with Crippen LogP contribution in [0.5, 0.6) is 0 Å². The fourth-order valence-corrected chi connectivity index (χ4v) is 1.57. The van der Waals surface area contributed by atoms with Crippen LogP contribution >= 0.6 is 0 Å². The Morgan fingerprint density at radius 3 is 2.56 bits per heavy atom. The molecule has 0 radical (unpaired) electrons. The molecular weight excluding hydrogens is 235 g/mol. The Hall–Kier alpha value is -1.75. The van der Waals surface area contributed by atoms with E-state index in [1.54, 1.807) is 18.0 Å². The lowest BCUT2D eigenvalue weighted by molar-refractivity contribution is -0.121. The quantitative estimate of drug-likeness (QED) is 0.771. The van der Waals surface area contributed by atoms with Crippen LogP contribution in [-0.4, -0.2) is 43.3 Å². The molecule has 0 spiro atoms. The van der Waals surface area contributed by atoms with Crippen molar-refractivity contribution in [1.29, 1.82) is 0 Å². The van der Waals surface area contributed by atoms with Crippen molar-refractivity contribution in [2.75, 3.05) is 26.7 Å². The third-order valence-corrected chi connectivity index (χ3v) is 2.38. The van der Waals surface area contributed by atoms with Gasteiger partial charge in [0, 0.05) is 6.54 Å². The normalized spacial score (nSPS) is 10.4. The van der Waals surface area contributed by atoms with Gasteiger partial charge in [-0.1, -0.05) is 12.1 Å². The highest BCUT2D eigenvalue weighted by molar-refractivity contribution is 5.98. The molecule has 1 aromatic carbocycles. The van der Waals surface area contributed by atoms with E-state index in [1.165, 1.54) is 18.2 Å². The van der Waals surface area contributed by atoms with E-state index in [4.69, 9.17) is 0 Å². The molecule has 0 heterocycles. The molecule has 1 aromatic rings. The smallest absolute Gasteiger partial charge is 0.234 e. The summed E-state index contributed by atoms with van der Waals surface area (Å²) < 4.78 is 13.4. The summed E-state index contributed by atoms with van der Waals surface area (Å²) in [4.78, 5) is 24.7. The summed E-state index contributed by atoms with van der Waals surface area (Å²) in [5.41, 5.74) is 0.0558. The zero-order valence-electron chi connectivity index (χ0n) is 10.6.